The molecule has 5 nitrogen and oxygen atoms in total. The van der Waals surface area contributed by atoms with Gasteiger partial charge in [-0.1, -0.05) is 11.6 Å². The maximum atomic E-state index is 11.1. The second kappa shape index (κ2) is 6.91. The smallest absolute Gasteiger partial charge is 0.305 e. The van der Waals surface area contributed by atoms with Gasteiger partial charge in [-0.3, -0.25) is 4.79 Å². The fourth-order valence-corrected chi connectivity index (χ4v) is 2.29. The summed E-state index contributed by atoms with van der Waals surface area (Å²) in [6, 6.07) is 4.89. The molecule has 0 radical (unpaired) electrons. The molecule has 0 aliphatic carbocycles. The van der Waals surface area contributed by atoms with Crippen LogP contribution in [-0.2, 0) is 4.79 Å². The van der Waals surface area contributed by atoms with Gasteiger partial charge in [0.25, 0.3) is 0 Å². The highest BCUT2D eigenvalue weighted by Gasteiger charge is 2.29. The molecule has 2 atom stereocenters. The number of carboxylic acids is 1. The number of hydrogen-bond donors (Lipinski definition) is 3. The van der Waals surface area contributed by atoms with Gasteiger partial charge in [-0.05, 0) is 39.8 Å². The summed E-state index contributed by atoms with van der Waals surface area (Å²) in [5.41, 5.74) is 1.27. The SMILES string of the molecule is COc1ccc(C)cc1C(O)C(CC(=O)O)NC(C)(C)C. The third-order valence-corrected chi connectivity index (χ3v) is 3.10. The van der Waals surface area contributed by atoms with Gasteiger partial charge in [0.1, 0.15) is 5.75 Å². The average molecular weight is 295 g/mol. The first-order chi connectivity index (χ1) is 9.64. The zero-order valence-electron chi connectivity index (χ0n) is 13.3. The molecule has 0 aromatic heterocycles. The molecule has 0 spiro atoms. The first-order valence-electron chi connectivity index (χ1n) is 6.96. The summed E-state index contributed by atoms with van der Waals surface area (Å²) in [5, 5.41) is 22.9. The molecule has 1 aromatic rings. The monoisotopic (exact) mass is 295 g/mol. The number of methoxy groups -OCH3 is 1. The van der Waals surface area contributed by atoms with Gasteiger partial charge in [-0.2, -0.15) is 0 Å². The molecule has 5 heteroatoms. The van der Waals surface area contributed by atoms with Crippen molar-refractivity contribution in [3.05, 3.63) is 29.3 Å². The highest BCUT2D eigenvalue weighted by Crippen LogP contribution is 2.30. The minimum absolute atomic E-state index is 0.171. The van der Waals surface area contributed by atoms with Crippen LogP contribution in [0.5, 0.6) is 5.75 Å². The fourth-order valence-electron chi connectivity index (χ4n) is 2.29. The van der Waals surface area contributed by atoms with Gasteiger partial charge in [0.15, 0.2) is 0 Å². The predicted octanol–water partition coefficient (Wildman–Crippen LogP) is 2.27. The van der Waals surface area contributed by atoms with Crippen molar-refractivity contribution in [2.24, 2.45) is 0 Å². The van der Waals surface area contributed by atoms with E-state index in [1.54, 1.807) is 6.07 Å². The predicted molar refractivity (Wildman–Crippen MR) is 81.6 cm³/mol. The van der Waals surface area contributed by atoms with Crippen LogP contribution in [0.15, 0.2) is 18.2 Å². The van der Waals surface area contributed by atoms with Gasteiger partial charge in [-0.25, -0.2) is 0 Å². The van der Waals surface area contributed by atoms with E-state index in [-0.39, 0.29) is 12.0 Å². The van der Waals surface area contributed by atoms with E-state index in [2.05, 4.69) is 5.32 Å². The number of aliphatic hydroxyl groups excluding tert-OH is 1. The molecule has 21 heavy (non-hydrogen) atoms. The molecule has 118 valence electrons. The number of aliphatic hydroxyl groups is 1. The Morgan fingerprint density at radius 1 is 1.38 bits per heavy atom. The third-order valence-electron chi connectivity index (χ3n) is 3.10. The summed E-state index contributed by atoms with van der Waals surface area (Å²) < 4.78 is 5.27. The van der Waals surface area contributed by atoms with Crippen molar-refractivity contribution in [3.8, 4) is 5.75 Å². The zero-order chi connectivity index (χ0) is 16.2. The maximum Gasteiger partial charge on any atom is 0.305 e. The molecule has 0 heterocycles. The summed E-state index contributed by atoms with van der Waals surface area (Å²) in [6.45, 7) is 7.71. The first-order valence-corrected chi connectivity index (χ1v) is 6.96. The normalized spacial score (nSPS) is 14.6. The lowest BCUT2D eigenvalue weighted by Crippen LogP contribution is -2.47. The molecule has 2 unspecified atom stereocenters. The summed E-state index contributed by atoms with van der Waals surface area (Å²) >= 11 is 0. The molecule has 0 aliphatic heterocycles. The largest absolute Gasteiger partial charge is 0.496 e. The Morgan fingerprint density at radius 2 is 2.00 bits per heavy atom. The van der Waals surface area contributed by atoms with E-state index >= 15 is 0 Å². The lowest BCUT2D eigenvalue weighted by Gasteiger charge is -2.31. The van der Waals surface area contributed by atoms with E-state index in [0.29, 0.717) is 11.3 Å². The minimum Gasteiger partial charge on any atom is -0.496 e. The molecule has 0 saturated carbocycles. The Kier molecular flexibility index (Phi) is 5.75. The second-order valence-electron chi connectivity index (χ2n) is 6.29. The number of carbonyl (C=O) groups is 1. The Hall–Kier alpha value is -1.59. The number of ether oxygens (including phenoxy) is 1. The van der Waals surface area contributed by atoms with Gasteiger partial charge >= 0.3 is 5.97 Å². The van der Waals surface area contributed by atoms with Crippen molar-refractivity contribution >= 4 is 5.97 Å². The summed E-state index contributed by atoms with van der Waals surface area (Å²) in [5.74, 6) is -0.401. The Balaban J connectivity index is 3.12. The van der Waals surface area contributed by atoms with Crippen LogP contribution >= 0.6 is 0 Å². The van der Waals surface area contributed by atoms with Crippen molar-refractivity contribution < 1.29 is 19.7 Å². The number of aryl methyl sites for hydroxylation is 1. The van der Waals surface area contributed by atoms with Crippen molar-refractivity contribution in [1.82, 2.24) is 5.32 Å². The van der Waals surface area contributed by atoms with E-state index in [9.17, 15) is 9.90 Å². The summed E-state index contributed by atoms with van der Waals surface area (Å²) in [6.07, 6.45) is -1.13. The van der Waals surface area contributed by atoms with E-state index in [1.165, 1.54) is 7.11 Å². The third kappa shape index (κ3) is 5.36. The number of benzene rings is 1. The number of aliphatic carboxylic acids is 1. The van der Waals surface area contributed by atoms with Gasteiger partial charge < -0.3 is 20.3 Å². The topological polar surface area (TPSA) is 78.8 Å². The molecule has 0 aliphatic rings. The van der Waals surface area contributed by atoms with Crippen molar-refractivity contribution in [2.45, 2.75) is 51.8 Å². The standard InChI is InChI=1S/C16H25NO4/c1-10-6-7-13(21-5)11(8-10)15(20)12(9-14(18)19)17-16(2,3)4/h6-8,12,15,17,20H,9H2,1-5H3,(H,18,19). The molecule has 0 bridgehead atoms. The Morgan fingerprint density at radius 3 is 2.48 bits per heavy atom. The van der Waals surface area contributed by atoms with Gasteiger partial charge in [0.2, 0.25) is 0 Å². The molecule has 3 N–H and O–H groups in total. The highest BCUT2D eigenvalue weighted by molar-refractivity contribution is 5.67. The fraction of sp³-hybridized carbons (Fsp3) is 0.562. The molecule has 0 fully saturated rings. The van der Waals surface area contributed by atoms with Gasteiger partial charge in [0.05, 0.1) is 19.6 Å². The van der Waals surface area contributed by atoms with E-state index < -0.39 is 18.1 Å². The number of rotatable bonds is 6. The Labute approximate surface area is 125 Å². The van der Waals surface area contributed by atoms with E-state index in [4.69, 9.17) is 9.84 Å². The molecule has 1 rings (SSSR count). The van der Waals surface area contributed by atoms with E-state index in [1.807, 2.05) is 39.8 Å². The average Bonchev–Trinajstić information content (AvgIpc) is 2.34. The molecule has 1 aromatic carbocycles. The second-order valence-corrected chi connectivity index (χ2v) is 6.29. The maximum absolute atomic E-state index is 11.1. The van der Waals surface area contributed by atoms with Crippen LogP contribution in [0.25, 0.3) is 0 Å². The van der Waals surface area contributed by atoms with Crippen LogP contribution < -0.4 is 10.1 Å². The number of carboxylic acid groups (broad SMARTS) is 1. The molecule has 0 saturated heterocycles. The molecular formula is C16H25NO4. The molecule has 0 amide bonds. The highest BCUT2D eigenvalue weighted by atomic mass is 16.5. The minimum atomic E-state index is -0.963. The van der Waals surface area contributed by atoms with Crippen LogP contribution in [0.3, 0.4) is 0 Å². The summed E-state index contributed by atoms with van der Waals surface area (Å²) in [4.78, 5) is 11.1. The van der Waals surface area contributed by atoms with Crippen molar-refractivity contribution in [2.75, 3.05) is 7.11 Å². The van der Waals surface area contributed by atoms with Crippen molar-refractivity contribution in [3.63, 3.8) is 0 Å². The number of nitrogens with one attached hydrogen (secondary N) is 1. The van der Waals surface area contributed by atoms with Crippen LogP contribution in [-0.4, -0.2) is 34.9 Å². The lowest BCUT2D eigenvalue weighted by molar-refractivity contribution is -0.138. The van der Waals surface area contributed by atoms with Crippen molar-refractivity contribution in [1.29, 1.82) is 0 Å². The quantitative estimate of drug-likeness (QED) is 0.750. The van der Waals surface area contributed by atoms with Crippen LogP contribution in [0.2, 0.25) is 0 Å². The Bertz CT molecular complexity index is 494. The van der Waals surface area contributed by atoms with E-state index in [0.717, 1.165) is 5.56 Å². The molecular weight excluding hydrogens is 270 g/mol. The lowest BCUT2D eigenvalue weighted by atomic mass is 9.95. The first kappa shape index (κ1) is 17.5. The van der Waals surface area contributed by atoms with Crippen LogP contribution in [0.4, 0.5) is 0 Å². The van der Waals surface area contributed by atoms with Gasteiger partial charge in [-0.15, -0.1) is 0 Å². The van der Waals surface area contributed by atoms with Crippen LogP contribution in [0.1, 0.15) is 44.4 Å². The zero-order valence-corrected chi connectivity index (χ0v) is 13.3. The summed E-state index contributed by atoms with van der Waals surface area (Å²) in [7, 11) is 1.53. The van der Waals surface area contributed by atoms with Gasteiger partial charge in [0, 0.05) is 17.1 Å². The number of hydrogen-bond acceptors (Lipinski definition) is 4. The van der Waals surface area contributed by atoms with Crippen LogP contribution in [0, 0.1) is 6.92 Å².